The van der Waals surface area contributed by atoms with Crippen molar-refractivity contribution in [2.45, 2.75) is 45.6 Å². The lowest BCUT2D eigenvalue weighted by Gasteiger charge is -2.37. The Morgan fingerprint density at radius 2 is 1.06 bits per heavy atom. The van der Waals surface area contributed by atoms with Crippen LogP contribution in [0.3, 0.4) is 0 Å². The van der Waals surface area contributed by atoms with Gasteiger partial charge in [0.25, 0.3) is 11.8 Å². The molecule has 0 unspecified atom stereocenters. The molecule has 0 atom stereocenters. The fraction of sp³-hybridized carbons (Fsp3) is 0.294. The minimum absolute atomic E-state index is 0. The van der Waals surface area contributed by atoms with Crippen molar-refractivity contribution in [3.8, 4) is 22.8 Å². The number of carbonyl (C=O) groups is 2. The van der Waals surface area contributed by atoms with Gasteiger partial charge in [-0.1, -0.05) is 38.8 Å². The molecule has 1 aliphatic carbocycles. The molecule has 350 valence electrons. The van der Waals surface area contributed by atoms with E-state index in [1.165, 1.54) is 25.7 Å². The number of fused-ring (bicyclic) bond motifs is 2. The van der Waals surface area contributed by atoms with Crippen LogP contribution in [0.2, 0.25) is 0 Å². The molecule has 2 aliphatic heterocycles. The van der Waals surface area contributed by atoms with Crippen LogP contribution in [0.15, 0.2) is 122 Å². The van der Waals surface area contributed by atoms with Crippen LogP contribution in [0.1, 0.15) is 66.2 Å². The first kappa shape index (κ1) is 44.6. The van der Waals surface area contributed by atoms with Crippen LogP contribution in [-0.4, -0.2) is 125 Å². The molecule has 67 heavy (non-hydrogen) atoms. The van der Waals surface area contributed by atoms with Gasteiger partial charge in [-0.2, -0.15) is 0 Å². The average Bonchev–Trinajstić information content (AvgIpc) is 4.19. The van der Waals surface area contributed by atoms with Crippen molar-refractivity contribution in [1.29, 1.82) is 0 Å². The summed E-state index contributed by atoms with van der Waals surface area (Å²) in [4.78, 5) is 65.3. The maximum atomic E-state index is 13.2. The Bertz CT molecular complexity index is 2930. The summed E-state index contributed by atoms with van der Waals surface area (Å²) >= 11 is 0. The summed E-state index contributed by atoms with van der Waals surface area (Å²) in [6.07, 6.45) is 12.2. The van der Waals surface area contributed by atoms with Gasteiger partial charge >= 0.3 is 0 Å². The minimum atomic E-state index is -0.00425. The first-order valence-corrected chi connectivity index (χ1v) is 23.2. The quantitative estimate of drug-likeness (QED) is 0.108. The van der Waals surface area contributed by atoms with Crippen LogP contribution in [0.25, 0.3) is 44.6 Å². The third-order valence-electron chi connectivity index (χ3n) is 12.1. The number of pyridine rings is 2. The molecule has 0 bridgehead atoms. The normalized spacial score (nSPS) is 15.4. The van der Waals surface area contributed by atoms with Gasteiger partial charge < -0.3 is 35.1 Å². The lowest BCUT2D eigenvalue weighted by Crippen LogP contribution is -2.51. The van der Waals surface area contributed by atoms with Crippen LogP contribution < -0.4 is 10.6 Å². The standard InChI is InChI=1S/C27H29N7O.C22H20N6O2.C2H6.4H2/c35-26(34-15-13-33(14-16-34)21-5-1-2-6-21)25-18-19-17-20(8-9-22(19)31-25)30-27-29-12-10-24(32-27)23-7-3-4-11-28-23;29-21(28-9-11-30-12-10-28)20-14-15-13-16(4-5-17(15)26-20)25-22-24-8-6-19(27-22)18-3-1-2-7-23-18;1-2;;;;/h3-4,7-12,17-18,21,31H,1-2,5-6,13-16H2,(H,29,30,32);1-8,13-14,26H,9-12H2,(H,24,25,27);1-2H3;4*1H. The third-order valence-corrected chi connectivity index (χ3v) is 12.1. The number of ether oxygens (including phenoxy) is 1. The van der Waals surface area contributed by atoms with Gasteiger partial charge in [0.15, 0.2) is 0 Å². The van der Waals surface area contributed by atoms with Crippen LogP contribution in [0, 0.1) is 0 Å². The van der Waals surface area contributed by atoms with Gasteiger partial charge in [0.1, 0.15) is 11.4 Å². The van der Waals surface area contributed by atoms with E-state index in [1.54, 1.807) is 24.8 Å². The van der Waals surface area contributed by atoms with Gasteiger partial charge in [0.2, 0.25) is 11.9 Å². The molecule has 0 spiro atoms. The van der Waals surface area contributed by atoms with Gasteiger partial charge in [-0.25, -0.2) is 19.9 Å². The van der Waals surface area contributed by atoms with E-state index >= 15 is 0 Å². The topological polar surface area (TPSA) is 186 Å². The van der Waals surface area contributed by atoms with Gasteiger partial charge in [0.05, 0.1) is 36.0 Å². The largest absolute Gasteiger partial charge is 0.378 e. The van der Waals surface area contributed by atoms with E-state index in [0.717, 1.165) is 88.2 Å². The van der Waals surface area contributed by atoms with Crippen molar-refractivity contribution in [3.63, 3.8) is 0 Å². The highest BCUT2D eigenvalue weighted by Gasteiger charge is 2.29. The smallest absolute Gasteiger partial charge is 0.270 e. The average molecular weight is 906 g/mol. The molecule has 6 aromatic heterocycles. The minimum Gasteiger partial charge on any atom is -0.378 e. The van der Waals surface area contributed by atoms with Gasteiger partial charge in [-0.15, -0.1) is 0 Å². The summed E-state index contributed by atoms with van der Waals surface area (Å²) in [6.45, 7) is 9.93. The number of piperazine rings is 1. The molecule has 11 rings (SSSR count). The molecule has 16 nitrogen and oxygen atoms in total. The predicted molar refractivity (Wildman–Crippen MR) is 270 cm³/mol. The number of nitrogens with zero attached hydrogens (tertiary/aromatic N) is 9. The van der Waals surface area contributed by atoms with Crippen molar-refractivity contribution < 1.29 is 20.0 Å². The van der Waals surface area contributed by atoms with E-state index in [1.807, 2.05) is 121 Å². The Morgan fingerprint density at radius 3 is 1.54 bits per heavy atom. The number of rotatable bonds is 9. The third kappa shape index (κ3) is 10.8. The highest BCUT2D eigenvalue weighted by molar-refractivity contribution is 6.00. The molecule has 3 fully saturated rings. The molecule has 8 heterocycles. The number of nitrogens with one attached hydrogen (secondary N) is 4. The van der Waals surface area contributed by atoms with E-state index in [9.17, 15) is 9.59 Å². The number of hydrogen-bond donors (Lipinski definition) is 4. The second-order valence-corrected chi connectivity index (χ2v) is 16.4. The Morgan fingerprint density at radius 1 is 0.567 bits per heavy atom. The summed E-state index contributed by atoms with van der Waals surface area (Å²) in [5.74, 6) is 1.06. The monoisotopic (exact) mass is 906 g/mol. The second-order valence-electron chi connectivity index (χ2n) is 16.4. The van der Waals surface area contributed by atoms with Crippen LogP contribution in [0.5, 0.6) is 0 Å². The molecule has 16 heteroatoms. The van der Waals surface area contributed by atoms with E-state index < -0.39 is 0 Å². The van der Waals surface area contributed by atoms with E-state index in [2.05, 4.69) is 55.4 Å². The van der Waals surface area contributed by atoms with Crippen LogP contribution in [0.4, 0.5) is 23.3 Å². The molecular formula is C51H63N13O3. The first-order chi connectivity index (χ1) is 33.0. The number of benzene rings is 2. The van der Waals surface area contributed by atoms with E-state index in [4.69, 9.17) is 4.74 Å². The van der Waals surface area contributed by atoms with Gasteiger partial charge in [-0.05, 0) is 97.8 Å². The lowest BCUT2D eigenvalue weighted by molar-refractivity contribution is 0.0299. The van der Waals surface area contributed by atoms with Crippen molar-refractivity contribution in [3.05, 3.63) is 133 Å². The van der Waals surface area contributed by atoms with Gasteiger partial charge in [-0.3, -0.25) is 24.5 Å². The molecule has 8 aromatic rings. The predicted octanol–water partition coefficient (Wildman–Crippen LogP) is 9.71. The Hall–Kier alpha value is -7.56. The number of aromatic nitrogens is 8. The lowest BCUT2D eigenvalue weighted by atomic mass is 10.1. The number of aromatic amines is 2. The maximum absolute atomic E-state index is 13.2. The number of amides is 2. The Labute approximate surface area is 395 Å². The Kier molecular flexibility index (Phi) is 14.1. The molecule has 2 amide bonds. The molecule has 3 aliphatic rings. The SMILES string of the molecule is CC.O=C(c1cc2cc(Nc3nccc(-c4ccccn4)n3)ccc2[nH]1)N1CCN(C2CCCC2)CC1.O=C(c1cc2cc(Nc3nccc(-c4ccccn4)n3)ccc2[nH]1)N1CCOCC1.[HH].[HH].[HH].[HH]. The summed E-state index contributed by atoms with van der Waals surface area (Å²) in [5.41, 5.74) is 7.84. The summed E-state index contributed by atoms with van der Waals surface area (Å²) in [6, 6.07) is 31.4. The number of carbonyl (C=O) groups excluding carboxylic acids is 2. The molecule has 2 saturated heterocycles. The van der Waals surface area contributed by atoms with Crippen molar-refractivity contribution in [2.24, 2.45) is 0 Å². The highest BCUT2D eigenvalue weighted by atomic mass is 16.5. The van der Waals surface area contributed by atoms with E-state index in [0.29, 0.717) is 49.6 Å². The van der Waals surface area contributed by atoms with Crippen molar-refractivity contribution in [1.82, 2.24) is 54.6 Å². The highest BCUT2D eigenvalue weighted by Crippen LogP contribution is 2.28. The number of H-pyrrole nitrogens is 2. The first-order valence-electron chi connectivity index (χ1n) is 23.2. The van der Waals surface area contributed by atoms with Gasteiger partial charge in [0, 0.05) is 109 Å². The number of hydrogen-bond acceptors (Lipinski definition) is 12. The molecule has 2 aromatic carbocycles. The maximum Gasteiger partial charge on any atom is 0.270 e. The number of anilines is 4. The zero-order valence-electron chi connectivity index (χ0n) is 37.9. The fourth-order valence-electron chi connectivity index (χ4n) is 8.73. The molecule has 4 N–H and O–H groups in total. The van der Waals surface area contributed by atoms with Crippen LogP contribution >= 0.6 is 0 Å². The van der Waals surface area contributed by atoms with Crippen molar-refractivity contribution in [2.75, 3.05) is 63.1 Å². The van der Waals surface area contributed by atoms with E-state index in [-0.39, 0.29) is 17.5 Å². The summed E-state index contributed by atoms with van der Waals surface area (Å²) in [5, 5.41) is 8.43. The summed E-state index contributed by atoms with van der Waals surface area (Å²) in [7, 11) is 0. The number of morpholine rings is 1. The second kappa shape index (κ2) is 21.2. The molecule has 0 radical (unpaired) electrons. The fourth-order valence-corrected chi connectivity index (χ4v) is 8.73. The zero-order valence-corrected chi connectivity index (χ0v) is 37.9. The Balaban J connectivity index is 0.000000244. The summed E-state index contributed by atoms with van der Waals surface area (Å²) < 4.78 is 5.33. The van der Waals surface area contributed by atoms with Crippen LogP contribution in [-0.2, 0) is 4.74 Å². The molecular weight excluding hydrogens is 843 g/mol. The molecule has 1 saturated carbocycles. The zero-order chi connectivity index (χ0) is 46.0. The van der Waals surface area contributed by atoms with Crippen molar-refractivity contribution >= 4 is 56.9 Å².